The summed E-state index contributed by atoms with van der Waals surface area (Å²) in [6, 6.07) is 4.95. The van der Waals surface area contributed by atoms with Crippen LogP contribution in [0.25, 0.3) is 0 Å². The van der Waals surface area contributed by atoms with Crippen molar-refractivity contribution in [3.05, 3.63) is 28.2 Å². The first-order chi connectivity index (χ1) is 9.58. The predicted molar refractivity (Wildman–Crippen MR) is 81.9 cm³/mol. The Hall–Kier alpha value is -1.40. The number of nitrogens with one attached hydrogen (secondary N) is 2. The molecule has 0 fully saturated rings. The van der Waals surface area contributed by atoms with Crippen LogP contribution in [0, 0.1) is 0 Å². The number of ether oxygens (including phenoxy) is 1. The number of rotatable bonds is 7. The molecule has 0 saturated heterocycles. The number of hydrogen-bond acceptors (Lipinski definition) is 4. The lowest BCUT2D eigenvalue weighted by atomic mass is 10.2. The third kappa shape index (κ3) is 5.30. The summed E-state index contributed by atoms with van der Waals surface area (Å²) < 4.78 is 5.57. The van der Waals surface area contributed by atoms with Gasteiger partial charge in [-0.05, 0) is 47.6 Å². The zero-order valence-corrected chi connectivity index (χ0v) is 13.2. The first-order valence-electron chi connectivity index (χ1n) is 6.55. The van der Waals surface area contributed by atoms with E-state index in [1.54, 1.807) is 25.1 Å². The van der Waals surface area contributed by atoms with E-state index in [1.807, 2.05) is 6.92 Å². The van der Waals surface area contributed by atoms with E-state index in [4.69, 9.17) is 4.74 Å². The maximum Gasteiger partial charge on any atom is 0.338 e. The molecule has 0 atom stereocenters. The second kappa shape index (κ2) is 8.71. The minimum Gasteiger partial charge on any atom is -0.462 e. The maximum atomic E-state index is 11.7. The molecule has 1 rings (SSSR count). The van der Waals surface area contributed by atoms with E-state index < -0.39 is 0 Å². The Kier molecular flexibility index (Phi) is 7.25. The van der Waals surface area contributed by atoms with Crippen LogP contribution in [0.15, 0.2) is 22.7 Å². The molecule has 0 unspecified atom stereocenters. The molecule has 0 saturated carbocycles. The van der Waals surface area contributed by atoms with Crippen molar-refractivity contribution in [2.24, 2.45) is 0 Å². The van der Waals surface area contributed by atoms with E-state index in [0.717, 1.165) is 6.54 Å². The molecule has 0 bridgehead atoms. The van der Waals surface area contributed by atoms with Crippen molar-refractivity contribution >= 4 is 33.5 Å². The van der Waals surface area contributed by atoms with Gasteiger partial charge in [0.15, 0.2) is 0 Å². The summed E-state index contributed by atoms with van der Waals surface area (Å²) in [6.07, 6.45) is 0.403. The van der Waals surface area contributed by atoms with Gasteiger partial charge in [-0.15, -0.1) is 0 Å². The van der Waals surface area contributed by atoms with Gasteiger partial charge in [0.2, 0.25) is 5.91 Å². The fraction of sp³-hybridized carbons (Fsp3) is 0.429. The van der Waals surface area contributed by atoms with Gasteiger partial charge in [-0.3, -0.25) is 4.79 Å². The van der Waals surface area contributed by atoms with Crippen molar-refractivity contribution in [3.63, 3.8) is 0 Å². The van der Waals surface area contributed by atoms with Crippen molar-refractivity contribution in [3.8, 4) is 0 Å². The molecule has 0 radical (unpaired) electrons. The Morgan fingerprint density at radius 1 is 1.30 bits per heavy atom. The van der Waals surface area contributed by atoms with E-state index in [0.29, 0.717) is 35.3 Å². The van der Waals surface area contributed by atoms with Crippen LogP contribution in [0.4, 0.5) is 5.69 Å². The maximum absolute atomic E-state index is 11.7. The SMILES string of the molecule is CCNCCC(=O)Nc1ccc(C(=O)OCC)cc1Br. The Morgan fingerprint density at radius 2 is 2.05 bits per heavy atom. The second-order valence-corrected chi connectivity index (χ2v) is 4.92. The first kappa shape index (κ1) is 16.7. The molecule has 0 aliphatic carbocycles. The summed E-state index contributed by atoms with van der Waals surface area (Å²) in [7, 11) is 0. The standard InChI is InChI=1S/C14H19BrN2O3/c1-3-16-8-7-13(18)17-12-6-5-10(9-11(12)15)14(19)20-4-2/h5-6,9,16H,3-4,7-8H2,1-2H3,(H,17,18). The minimum atomic E-state index is -0.377. The van der Waals surface area contributed by atoms with E-state index >= 15 is 0 Å². The molecule has 6 heteroatoms. The van der Waals surface area contributed by atoms with Gasteiger partial charge in [0.1, 0.15) is 0 Å². The van der Waals surface area contributed by atoms with Crippen LogP contribution in [-0.2, 0) is 9.53 Å². The molecule has 2 N–H and O–H groups in total. The molecule has 0 aliphatic rings. The van der Waals surface area contributed by atoms with Crippen LogP contribution in [0.5, 0.6) is 0 Å². The van der Waals surface area contributed by atoms with Gasteiger partial charge in [0.05, 0.1) is 17.9 Å². The Balaban J connectivity index is 2.64. The number of amides is 1. The molecular weight excluding hydrogens is 324 g/mol. The lowest BCUT2D eigenvalue weighted by Crippen LogP contribution is -2.21. The predicted octanol–water partition coefficient (Wildman–Crippen LogP) is 2.56. The highest BCUT2D eigenvalue weighted by atomic mass is 79.9. The lowest BCUT2D eigenvalue weighted by molar-refractivity contribution is -0.116. The molecule has 0 aliphatic heterocycles. The normalized spacial score (nSPS) is 10.2. The number of anilines is 1. The summed E-state index contributed by atoms with van der Waals surface area (Å²) in [5.74, 6) is -0.450. The Labute approximate surface area is 127 Å². The molecule has 0 spiro atoms. The molecule has 1 aromatic carbocycles. The van der Waals surface area contributed by atoms with Crippen LogP contribution in [0.2, 0.25) is 0 Å². The number of halogens is 1. The zero-order chi connectivity index (χ0) is 15.0. The van der Waals surface area contributed by atoms with Gasteiger partial charge in [-0.1, -0.05) is 6.92 Å². The summed E-state index contributed by atoms with van der Waals surface area (Å²) in [6.45, 7) is 5.56. The highest BCUT2D eigenvalue weighted by molar-refractivity contribution is 9.10. The molecule has 0 aromatic heterocycles. The third-order valence-corrected chi connectivity index (χ3v) is 3.19. The van der Waals surface area contributed by atoms with E-state index in [2.05, 4.69) is 26.6 Å². The van der Waals surface area contributed by atoms with Gasteiger partial charge in [-0.25, -0.2) is 4.79 Å². The Bertz CT molecular complexity index is 477. The number of carbonyl (C=O) groups is 2. The highest BCUT2D eigenvalue weighted by Crippen LogP contribution is 2.24. The fourth-order valence-corrected chi connectivity index (χ4v) is 2.03. The van der Waals surface area contributed by atoms with Gasteiger partial charge in [-0.2, -0.15) is 0 Å². The summed E-state index contributed by atoms with van der Waals surface area (Å²) in [5.41, 5.74) is 1.09. The number of esters is 1. The fourth-order valence-electron chi connectivity index (χ4n) is 1.55. The minimum absolute atomic E-state index is 0.0736. The number of carbonyl (C=O) groups excluding carboxylic acids is 2. The van der Waals surface area contributed by atoms with Gasteiger partial charge < -0.3 is 15.4 Å². The largest absolute Gasteiger partial charge is 0.462 e. The molecule has 1 aromatic rings. The van der Waals surface area contributed by atoms with Gasteiger partial charge >= 0.3 is 5.97 Å². The average molecular weight is 343 g/mol. The van der Waals surface area contributed by atoms with Crippen molar-refractivity contribution in [2.75, 3.05) is 25.0 Å². The summed E-state index contributed by atoms with van der Waals surface area (Å²) in [5, 5.41) is 5.87. The molecule has 0 heterocycles. The highest BCUT2D eigenvalue weighted by Gasteiger charge is 2.10. The van der Waals surface area contributed by atoms with Crippen molar-refractivity contribution in [2.45, 2.75) is 20.3 Å². The zero-order valence-electron chi connectivity index (χ0n) is 11.7. The van der Waals surface area contributed by atoms with Crippen molar-refractivity contribution < 1.29 is 14.3 Å². The molecular formula is C14H19BrN2O3. The van der Waals surface area contributed by atoms with Crippen LogP contribution in [0.3, 0.4) is 0 Å². The summed E-state index contributed by atoms with van der Waals surface area (Å²) in [4.78, 5) is 23.3. The Morgan fingerprint density at radius 3 is 2.65 bits per heavy atom. The van der Waals surface area contributed by atoms with E-state index in [-0.39, 0.29) is 11.9 Å². The first-order valence-corrected chi connectivity index (χ1v) is 7.35. The lowest BCUT2D eigenvalue weighted by Gasteiger charge is -2.09. The second-order valence-electron chi connectivity index (χ2n) is 4.07. The molecule has 1 amide bonds. The molecule has 20 heavy (non-hydrogen) atoms. The summed E-state index contributed by atoms with van der Waals surface area (Å²) >= 11 is 3.34. The van der Waals surface area contributed by atoms with E-state index in [9.17, 15) is 9.59 Å². The van der Waals surface area contributed by atoms with Gasteiger partial charge in [0.25, 0.3) is 0 Å². The number of hydrogen-bond donors (Lipinski definition) is 2. The monoisotopic (exact) mass is 342 g/mol. The number of benzene rings is 1. The topological polar surface area (TPSA) is 67.4 Å². The van der Waals surface area contributed by atoms with Crippen molar-refractivity contribution in [1.29, 1.82) is 0 Å². The van der Waals surface area contributed by atoms with Gasteiger partial charge in [0, 0.05) is 17.4 Å². The smallest absolute Gasteiger partial charge is 0.338 e. The average Bonchev–Trinajstić information content (AvgIpc) is 2.41. The van der Waals surface area contributed by atoms with Crippen molar-refractivity contribution in [1.82, 2.24) is 5.32 Å². The van der Waals surface area contributed by atoms with Crippen LogP contribution >= 0.6 is 15.9 Å². The molecule has 110 valence electrons. The third-order valence-electron chi connectivity index (χ3n) is 2.53. The quantitative estimate of drug-likeness (QED) is 0.590. The van der Waals surface area contributed by atoms with Crippen LogP contribution < -0.4 is 10.6 Å². The van der Waals surface area contributed by atoms with E-state index in [1.165, 1.54) is 0 Å². The van der Waals surface area contributed by atoms with Crippen LogP contribution in [0.1, 0.15) is 30.6 Å². The van der Waals surface area contributed by atoms with Crippen LogP contribution in [-0.4, -0.2) is 31.6 Å². The molecule has 5 nitrogen and oxygen atoms in total.